The number of pyridine rings is 1. The number of hydrogen-bond acceptors (Lipinski definition) is 5. The van der Waals surface area contributed by atoms with E-state index in [0.717, 1.165) is 30.9 Å². The molecule has 3 unspecified atom stereocenters. The third kappa shape index (κ3) is 4.20. The second-order valence-electron chi connectivity index (χ2n) is 8.51. The number of aromatic nitrogens is 3. The Labute approximate surface area is 189 Å². The maximum Gasteiger partial charge on any atom is 0.222 e. The molecular formula is C25H23F2N5O. The van der Waals surface area contributed by atoms with E-state index >= 15 is 0 Å². The average molecular weight is 447 g/mol. The van der Waals surface area contributed by atoms with Gasteiger partial charge in [-0.1, -0.05) is 12.5 Å². The number of nitrogens with two attached hydrogens (primary N) is 1. The molecule has 1 aromatic carbocycles. The van der Waals surface area contributed by atoms with Crippen LogP contribution in [-0.4, -0.2) is 26.9 Å². The number of nitrogens with one attached hydrogen (secondary N) is 1. The molecule has 2 heterocycles. The van der Waals surface area contributed by atoms with Gasteiger partial charge in [0.15, 0.2) is 5.82 Å². The number of primary amides is 1. The van der Waals surface area contributed by atoms with Crippen LogP contribution in [0.15, 0.2) is 66.5 Å². The largest absolute Gasteiger partial charge is 0.369 e. The zero-order valence-electron chi connectivity index (χ0n) is 17.8. The first kappa shape index (κ1) is 21.2. The van der Waals surface area contributed by atoms with E-state index in [4.69, 9.17) is 10.7 Å². The molecule has 3 atom stereocenters. The number of hydrogen-bond donors (Lipinski definition) is 2. The molecule has 1 fully saturated rings. The molecule has 0 radical (unpaired) electrons. The second kappa shape index (κ2) is 8.69. The third-order valence-electron chi connectivity index (χ3n) is 6.40. The molecule has 0 bridgehead atoms. The molecule has 168 valence electrons. The number of halogens is 2. The minimum atomic E-state index is -0.565. The van der Waals surface area contributed by atoms with Crippen molar-refractivity contribution in [2.75, 3.05) is 5.32 Å². The average Bonchev–Trinajstić information content (AvgIpc) is 3.28. The van der Waals surface area contributed by atoms with Gasteiger partial charge in [0.25, 0.3) is 0 Å². The summed E-state index contributed by atoms with van der Waals surface area (Å²) in [6.07, 6.45) is 8.33. The first-order chi connectivity index (χ1) is 16.0. The molecule has 3 N–H and O–H groups in total. The fourth-order valence-electron chi connectivity index (χ4n) is 4.68. The summed E-state index contributed by atoms with van der Waals surface area (Å²) >= 11 is 0. The van der Waals surface area contributed by atoms with Crippen molar-refractivity contribution in [1.82, 2.24) is 15.0 Å². The smallest absolute Gasteiger partial charge is 0.222 e. The Morgan fingerprint density at radius 3 is 2.79 bits per heavy atom. The molecule has 33 heavy (non-hydrogen) atoms. The maximum atomic E-state index is 14.5. The van der Waals surface area contributed by atoms with E-state index in [1.807, 2.05) is 30.3 Å². The third-order valence-corrected chi connectivity index (χ3v) is 6.40. The van der Waals surface area contributed by atoms with Crippen molar-refractivity contribution >= 4 is 22.6 Å². The van der Waals surface area contributed by atoms with E-state index in [1.54, 1.807) is 12.4 Å². The number of anilines is 1. The predicted octanol–water partition coefficient (Wildman–Crippen LogP) is 4.95. The van der Waals surface area contributed by atoms with E-state index in [1.165, 1.54) is 6.08 Å². The first-order valence-electron chi connectivity index (χ1n) is 11.0. The number of carbonyl (C=O) groups is 1. The van der Waals surface area contributed by atoms with Crippen LogP contribution < -0.4 is 11.1 Å². The summed E-state index contributed by atoms with van der Waals surface area (Å²) in [4.78, 5) is 25.5. The number of nitrogens with zero attached hydrogens (tertiary/aromatic N) is 3. The van der Waals surface area contributed by atoms with Crippen LogP contribution in [0.5, 0.6) is 0 Å². The summed E-state index contributed by atoms with van der Waals surface area (Å²) in [6.45, 7) is 0. The Morgan fingerprint density at radius 1 is 1.15 bits per heavy atom. The van der Waals surface area contributed by atoms with Gasteiger partial charge < -0.3 is 11.1 Å². The monoisotopic (exact) mass is 447 g/mol. The van der Waals surface area contributed by atoms with Crippen LogP contribution in [0.3, 0.4) is 0 Å². The number of fused-ring (bicyclic) bond motifs is 1. The molecule has 0 spiro atoms. The quantitative estimate of drug-likeness (QED) is 0.577. The van der Waals surface area contributed by atoms with Crippen molar-refractivity contribution in [3.63, 3.8) is 0 Å². The highest BCUT2D eigenvalue weighted by Gasteiger charge is 2.32. The van der Waals surface area contributed by atoms with Gasteiger partial charge in [-0.05, 0) is 55.2 Å². The highest BCUT2D eigenvalue weighted by Crippen LogP contribution is 2.37. The fourth-order valence-corrected chi connectivity index (χ4v) is 4.68. The number of carbonyl (C=O) groups excluding carboxylic acids is 1. The Hall–Kier alpha value is -3.68. The van der Waals surface area contributed by atoms with Crippen LogP contribution in [0.2, 0.25) is 0 Å². The van der Waals surface area contributed by atoms with Crippen LogP contribution in [0, 0.1) is 5.92 Å². The summed E-state index contributed by atoms with van der Waals surface area (Å²) in [6, 6.07) is 9.01. The van der Waals surface area contributed by atoms with Gasteiger partial charge in [0.2, 0.25) is 5.91 Å². The number of amides is 1. The molecule has 0 saturated heterocycles. The van der Waals surface area contributed by atoms with Gasteiger partial charge in [0.1, 0.15) is 17.5 Å². The van der Waals surface area contributed by atoms with Crippen LogP contribution in [0.25, 0.3) is 22.3 Å². The molecule has 2 aromatic heterocycles. The van der Waals surface area contributed by atoms with E-state index < -0.39 is 17.6 Å². The predicted molar refractivity (Wildman–Crippen MR) is 122 cm³/mol. The summed E-state index contributed by atoms with van der Waals surface area (Å²) in [5, 5.41) is 4.13. The van der Waals surface area contributed by atoms with E-state index in [0.29, 0.717) is 28.1 Å². The highest BCUT2D eigenvalue weighted by molar-refractivity contribution is 5.92. The SMILES string of the molecule is NC(=O)C1CCCC1Nc1nc(-c2cccnc2)nc2ccc(C3CC=C(F)C=C3F)cc12. The second-order valence-corrected chi connectivity index (χ2v) is 8.51. The fraction of sp³-hybridized carbons (Fsp3) is 0.280. The van der Waals surface area contributed by atoms with Gasteiger partial charge in [-0.15, -0.1) is 0 Å². The summed E-state index contributed by atoms with van der Waals surface area (Å²) in [5.41, 5.74) is 7.75. The summed E-state index contributed by atoms with van der Waals surface area (Å²) < 4.78 is 28.0. The number of rotatable bonds is 5. The van der Waals surface area contributed by atoms with Crippen molar-refractivity contribution in [2.45, 2.75) is 37.6 Å². The van der Waals surface area contributed by atoms with Gasteiger partial charge in [-0.25, -0.2) is 18.7 Å². The molecular weight excluding hydrogens is 424 g/mol. The zero-order chi connectivity index (χ0) is 22.9. The topological polar surface area (TPSA) is 93.8 Å². The highest BCUT2D eigenvalue weighted by atomic mass is 19.1. The van der Waals surface area contributed by atoms with Crippen molar-refractivity contribution in [1.29, 1.82) is 0 Å². The van der Waals surface area contributed by atoms with Crippen molar-refractivity contribution in [3.05, 3.63) is 72.1 Å². The lowest BCUT2D eigenvalue weighted by Gasteiger charge is -2.22. The van der Waals surface area contributed by atoms with Crippen LogP contribution in [-0.2, 0) is 4.79 Å². The lowest BCUT2D eigenvalue weighted by Crippen LogP contribution is -2.34. The Kier molecular flexibility index (Phi) is 5.58. The molecule has 3 aromatic rings. The summed E-state index contributed by atoms with van der Waals surface area (Å²) in [7, 11) is 0. The van der Waals surface area contributed by atoms with Gasteiger partial charge in [-0.3, -0.25) is 9.78 Å². The first-order valence-corrected chi connectivity index (χ1v) is 11.0. The van der Waals surface area contributed by atoms with Gasteiger partial charge >= 0.3 is 0 Å². The minimum Gasteiger partial charge on any atom is -0.369 e. The van der Waals surface area contributed by atoms with E-state index in [9.17, 15) is 13.6 Å². The van der Waals surface area contributed by atoms with Crippen molar-refractivity contribution in [2.24, 2.45) is 11.7 Å². The molecule has 6 nitrogen and oxygen atoms in total. The normalized spacial score (nSPS) is 22.7. The Bertz CT molecular complexity index is 1270. The number of benzene rings is 1. The summed E-state index contributed by atoms with van der Waals surface area (Å²) in [5.74, 6) is -1.21. The zero-order valence-corrected chi connectivity index (χ0v) is 17.8. The lowest BCUT2D eigenvalue weighted by molar-refractivity contribution is -0.121. The number of allylic oxidation sites excluding steroid dienone is 4. The molecule has 2 aliphatic carbocycles. The molecule has 2 aliphatic rings. The standard InChI is InChI=1S/C25H23F2N5O/c26-16-7-8-17(20(27)12-16)14-6-9-22-19(11-14)25(31-21-5-1-4-18(21)23(28)33)32-24(30-22)15-3-2-10-29-13-15/h2-3,6-7,9-13,17-18,21H,1,4-5,8H2,(H2,28,33)(H,30,31,32). The van der Waals surface area contributed by atoms with Crippen LogP contribution in [0.1, 0.15) is 37.2 Å². The maximum absolute atomic E-state index is 14.5. The van der Waals surface area contributed by atoms with Gasteiger partial charge in [-0.2, -0.15) is 0 Å². The van der Waals surface area contributed by atoms with Crippen LogP contribution >= 0.6 is 0 Å². The van der Waals surface area contributed by atoms with Gasteiger partial charge in [0.05, 0.1) is 11.4 Å². The minimum absolute atomic E-state index is 0.144. The molecule has 1 saturated carbocycles. The Balaban J connectivity index is 1.60. The molecule has 5 rings (SSSR count). The van der Waals surface area contributed by atoms with E-state index in [-0.39, 0.29) is 24.3 Å². The van der Waals surface area contributed by atoms with E-state index in [2.05, 4.69) is 15.3 Å². The van der Waals surface area contributed by atoms with Gasteiger partial charge in [0, 0.05) is 41.4 Å². The Morgan fingerprint density at radius 2 is 2.03 bits per heavy atom. The van der Waals surface area contributed by atoms with Crippen molar-refractivity contribution in [3.8, 4) is 11.4 Å². The van der Waals surface area contributed by atoms with Crippen LogP contribution in [0.4, 0.5) is 14.6 Å². The molecule has 1 amide bonds. The molecule has 0 aliphatic heterocycles. The molecule has 8 heteroatoms. The van der Waals surface area contributed by atoms with Crippen molar-refractivity contribution < 1.29 is 13.6 Å². The lowest BCUT2D eigenvalue weighted by atomic mass is 9.90.